The van der Waals surface area contributed by atoms with Crippen LogP contribution in [0, 0.1) is 6.92 Å². The van der Waals surface area contributed by atoms with Crippen LogP contribution in [0.4, 0.5) is 11.5 Å². The summed E-state index contributed by atoms with van der Waals surface area (Å²) in [5, 5.41) is 3.97. The van der Waals surface area contributed by atoms with E-state index in [1.54, 1.807) is 39.0 Å². The second-order valence-electron chi connectivity index (χ2n) is 6.34. The van der Waals surface area contributed by atoms with Crippen molar-refractivity contribution in [2.24, 2.45) is 0 Å². The number of esters is 2. The largest absolute Gasteiger partial charge is 0.462 e. The molecule has 0 fully saturated rings. The molecular weight excluding hydrogens is 378 g/mol. The molecule has 0 amide bonds. The zero-order valence-corrected chi connectivity index (χ0v) is 16.9. The van der Waals surface area contributed by atoms with Crippen LogP contribution in [0.2, 0.25) is 0 Å². The van der Waals surface area contributed by atoms with E-state index < -0.39 is 0 Å². The molecule has 0 bridgehead atoms. The van der Waals surface area contributed by atoms with Gasteiger partial charge in [0.25, 0.3) is 0 Å². The van der Waals surface area contributed by atoms with Gasteiger partial charge < -0.3 is 14.8 Å². The van der Waals surface area contributed by atoms with E-state index in [1.807, 2.05) is 13.0 Å². The number of aryl methyl sites for hydroxylation is 1. The molecule has 7 nitrogen and oxygen atoms in total. The van der Waals surface area contributed by atoms with E-state index in [-0.39, 0.29) is 18.0 Å². The van der Waals surface area contributed by atoms with Crippen molar-refractivity contribution in [2.45, 2.75) is 33.8 Å². The molecule has 3 aromatic rings. The number of hydrogen-bond acceptors (Lipinski definition) is 8. The van der Waals surface area contributed by atoms with Gasteiger partial charge in [-0.1, -0.05) is 6.07 Å². The lowest BCUT2D eigenvalue weighted by Gasteiger charge is -2.10. The molecule has 0 saturated carbocycles. The van der Waals surface area contributed by atoms with Crippen LogP contribution in [0.1, 0.15) is 46.4 Å². The van der Waals surface area contributed by atoms with Gasteiger partial charge in [-0.15, -0.1) is 11.3 Å². The van der Waals surface area contributed by atoms with Gasteiger partial charge in [0.05, 0.1) is 23.7 Å². The maximum absolute atomic E-state index is 12.2. The fraction of sp³-hybridized carbons (Fsp3) is 0.300. The van der Waals surface area contributed by atoms with E-state index in [4.69, 9.17) is 9.47 Å². The summed E-state index contributed by atoms with van der Waals surface area (Å²) in [5.41, 5.74) is 1.89. The molecule has 1 N–H and O–H groups in total. The summed E-state index contributed by atoms with van der Waals surface area (Å²) < 4.78 is 10.4. The molecule has 2 aromatic heterocycles. The number of nitrogens with one attached hydrogen (secondary N) is 1. The Morgan fingerprint density at radius 2 is 2.00 bits per heavy atom. The van der Waals surface area contributed by atoms with Crippen LogP contribution in [0.5, 0.6) is 0 Å². The van der Waals surface area contributed by atoms with Crippen molar-refractivity contribution < 1.29 is 19.1 Å². The number of ether oxygens (including phenoxy) is 2. The van der Waals surface area contributed by atoms with Crippen LogP contribution in [0.15, 0.2) is 30.6 Å². The number of thiophene rings is 1. The highest BCUT2D eigenvalue weighted by atomic mass is 32.1. The van der Waals surface area contributed by atoms with Crippen molar-refractivity contribution in [3.05, 3.63) is 46.6 Å². The molecule has 8 heteroatoms. The zero-order valence-electron chi connectivity index (χ0n) is 16.1. The normalized spacial score (nSPS) is 10.9. The monoisotopic (exact) mass is 399 g/mol. The van der Waals surface area contributed by atoms with Gasteiger partial charge in [-0.2, -0.15) is 0 Å². The lowest BCUT2D eigenvalue weighted by Crippen LogP contribution is -2.11. The predicted molar refractivity (Wildman–Crippen MR) is 108 cm³/mol. The Hall–Kier alpha value is -3.00. The maximum atomic E-state index is 12.2. The number of rotatable bonds is 6. The molecule has 28 heavy (non-hydrogen) atoms. The summed E-state index contributed by atoms with van der Waals surface area (Å²) in [5.74, 6) is -0.196. The molecule has 3 rings (SSSR count). The Labute approximate surface area is 166 Å². The molecule has 146 valence electrons. The first-order valence-corrected chi connectivity index (χ1v) is 9.71. The minimum absolute atomic E-state index is 0.194. The lowest BCUT2D eigenvalue weighted by molar-refractivity contribution is 0.0377. The highest BCUT2D eigenvalue weighted by Gasteiger charge is 2.20. The van der Waals surface area contributed by atoms with Gasteiger partial charge in [-0.05, 0) is 51.5 Å². The molecule has 0 aliphatic rings. The molecule has 0 unspecified atom stereocenters. The SMILES string of the molecule is CCOC(=O)c1sc2ncnc(Nc3cccc(C(=O)OC(C)C)c3)c2c1C. The van der Waals surface area contributed by atoms with Gasteiger partial charge in [0.2, 0.25) is 0 Å². The van der Waals surface area contributed by atoms with E-state index in [9.17, 15) is 9.59 Å². The molecular formula is C20H21N3O4S. The summed E-state index contributed by atoms with van der Waals surface area (Å²) in [7, 11) is 0. The maximum Gasteiger partial charge on any atom is 0.348 e. The number of anilines is 2. The second-order valence-corrected chi connectivity index (χ2v) is 7.34. The van der Waals surface area contributed by atoms with Crippen LogP contribution in [0.3, 0.4) is 0 Å². The van der Waals surface area contributed by atoms with Crippen molar-refractivity contribution in [3.8, 4) is 0 Å². The molecule has 0 saturated heterocycles. The summed E-state index contributed by atoms with van der Waals surface area (Å²) in [4.78, 5) is 34.1. The van der Waals surface area contributed by atoms with Crippen LogP contribution < -0.4 is 5.32 Å². The second kappa shape index (κ2) is 8.35. The number of aromatic nitrogens is 2. The lowest BCUT2D eigenvalue weighted by atomic mass is 10.1. The Kier molecular flexibility index (Phi) is 5.89. The average Bonchev–Trinajstić information content (AvgIpc) is 2.99. The molecule has 2 heterocycles. The molecule has 0 radical (unpaired) electrons. The number of nitrogens with zero attached hydrogens (tertiary/aromatic N) is 2. The third-order valence-corrected chi connectivity index (χ3v) is 5.07. The standard InChI is InChI=1S/C20H21N3O4S/c1-5-26-20(25)16-12(4)15-17(21-10-22-18(15)28-16)23-14-8-6-7-13(9-14)19(24)27-11(2)3/h6-11H,5H2,1-4H3,(H,21,22,23). The topological polar surface area (TPSA) is 90.4 Å². The number of fused-ring (bicyclic) bond motifs is 1. The number of carbonyl (C=O) groups excluding carboxylic acids is 2. The van der Waals surface area contributed by atoms with Gasteiger partial charge in [0.15, 0.2) is 0 Å². The highest BCUT2D eigenvalue weighted by molar-refractivity contribution is 7.20. The fourth-order valence-electron chi connectivity index (χ4n) is 2.70. The van der Waals surface area contributed by atoms with E-state index in [0.717, 1.165) is 10.9 Å². The number of carbonyl (C=O) groups is 2. The first kappa shape index (κ1) is 19.8. The van der Waals surface area contributed by atoms with Crippen molar-refractivity contribution in [3.63, 3.8) is 0 Å². The van der Waals surface area contributed by atoms with Crippen LogP contribution in [0.25, 0.3) is 10.2 Å². The molecule has 0 aliphatic heterocycles. The zero-order chi connectivity index (χ0) is 20.3. The van der Waals surface area contributed by atoms with Gasteiger partial charge >= 0.3 is 11.9 Å². The predicted octanol–water partition coefficient (Wildman–Crippen LogP) is 4.49. The average molecular weight is 399 g/mol. The van der Waals surface area contributed by atoms with E-state index in [1.165, 1.54) is 17.7 Å². The van der Waals surface area contributed by atoms with Crippen molar-refractivity contribution in [1.29, 1.82) is 0 Å². The summed E-state index contributed by atoms with van der Waals surface area (Å²) >= 11 is 1.27. The molecule has 0 atom stereocenters. The van der Waals surface area contributed by atoms with Gasteiger partial charge in [0.1, 0.15) is 21.9 Å². The van der Waals surface area contributed by atoms with Crippen LogP contribution >= 0.6 is 11.3 Å². The molecule has 0 aliphatic carbocycles. The summed E-state index contributed by atoms with van der Waals surface area (Å²) in [6, 6.07) is 6.99. The Morgan fingerprint density at radius 1 is 1.21 bits per heavy atom. The van der Waals surface area contributed by atoms with Gasteiger partial charge in [0, 0.05) is 5.69 Å². The smallest absolute Gasteiger partial charge is 0.348 e. The number of benzene rings is 1. The minimum atomic E-state index is -0.386. The van der Waals surface area contributed by atoms with Gasteiger partial charge in [-0.25, -0.2) is 19.6 Å². The van der Waals surface area contributed by atoms with Crippen LogP contribution in [-0.4, -0.2) is 34.6 Å². The van der Waals surface area contributed by atoms with E-state index in [0.29, 0.717) is 33.4 Å². The summed E-state index contributed by atoms with van der Waals surface area (Å²) in [6.07, 6.45) is 1.24. The van der Waals surface area contributed by atoms with Crippen LogP contribution in [-0.2, 0) is 9.47 Å². The van der Waals surface area contributed by atoms with Crippen molar-refractivity contribution in [1.82, 2.24) is 9.97 Å². The number of hydrogen-bond donors (Lipinski definition) is 1. The Balaban J connectivity index is 1.95. The minimum Gasteiger partial charge on any atom is -0.462 e. The molecule has 0 spiro atoms. The molecule has 1 aromatic carbocycles. The first-order chi connectivity index (χ1) is 13.4. The fourth-order valence-corrected chi connectivity index (χ4v) is 3.74. The quantitative estimate of drug-likeness (QED) is 0.611. The Morgan fingerprint density at radius 3 is 2.71 bits per heavy atom. The van der Waals surface area contributed by atoms with E-state index in [2.05, 4.69) is 15.3 Å². The van der Waals surface area contributed by atoms with Crippen molar-refractivity contribution >= 4 is 45.0 Å². The van der Waals surface area contributed by atoms with E-state index >= 15 is 0 Å². The third kappa shape index (κ3) is 4.12. The van der Waals surface area contributed by atoms with Crippen molar-refractivity contribution in [2.75, 3.05) is 11.9 Å². The van der Waals surface area contributed by atoms with Gasteiger partial charge in [-0.3, -0.25) is 0 Å². The third-order valence-electron chi connectivity index (χ3n) is 3.89. The Bertz CT molecular complexity index is 1030. The summed E-state index contributed by atoms with van der Waals surface area (Å²) in [6.45, 7) is 7.53. The first-order valence-electron chi connectivity index (χ1n) is 8.90. The highest BCUT2D eigenvalue weighted by Crippen LogP contribution is 2.34.